The van der Waals surface area contributed by atoms with Gasteiger partial charge in [-0.25, -0.2) is 61.8 Å². The Labute approximate surface area is 737 Å². The van der Waals surface area contributed by atoms with Gasteiger partial charge in [0.25, 0.3) is 0 Å². The number of phenolic OH excluding ortho intramolecular Hbond substituents is 1. The van der Waals surface area contributed by atoms with Gasteiger partial charge in [0.1, 0.15) is 57.6 Å². The van der Waals surface area contributed by atoms with Crippen LogP contribution in [0.15, 0.2) is 244 Å². The zero-order chi connectivity index (χ0) is 85.5. The molecule has 124 heavy (non-hydrogen) atoms. The van der Waals surface area contributed by atoms with Crippen molar-refractivity contribution in [2.75, 3.05) is 21.3 Å². The Hall–Kier alpha value is -13.0. The summed E-state index contributed by atoms with van der Waals surface area (Å²) < 4.78 is 68.9. The van der Waals surface area contributed by atoms with Crippen molar-refractivity contribution in [1.82, 2.24) is 39.9 Å². The average Bonchev–Trinajstić information content (AvgIpc) is 1.13. The molecule has 0 saturated heterocycles. The summed E-state index contributed by atoms with van der Waals surface area (Å²) in [4.78, 5) is 93.1. The van der Waals surface area contributed by atoms with Crippen LogP contribution in [0.3, 0.4) is 0 Å². The number of fused-ring (bicyclic) bond motifs is 12. The van der Waals surface area contributed by atoms with Crippen LogP contribution in [0.5, 0.6) is 5.75 Å². The zero-order valence-electron chi connectivity index (χ0n) is 65.5. The van der Waals surface area contributed by atoms with Gasteiger partial charge in [-0.2, -0.15) is 0 Å². The minimum absolute atomic E-state index is 0.102. The van der Waals surface area contributed by atoms with E-state index in [1.807, 2.05) is 106 Å². The van der Waals surface area contributed by atoms with Crippen LogP contribution in [-0.2, 0) is 96.2 Å². The number of rotatable bonds is 16. The molecule has 8 aromatic carbocycles. The van der Waals surface area contributed by atoms with Crippen molar-refractivity contribution in [2.45, 2.75) is 77.0 Å². The zero-order valence-corrected chi connectivity index (χ0v) is 71.1. The third-order valence-electron chi connectivity index (χ3n) is 20.9. The van der Waals surface area contributed by atoms with Crippen molar-refractivity contribution >= 4 is 120 Å². The molecule has 0 radical (unpaired) electrons. The van der Waals surface area contributed by atoms with Crippen LogP contribution in [0, 0.1) is 29.1 Å². The van der Waals surface area contributed by atoms with E-state index in [2.05, 4.69) is 37.2 Å². The Morgan fingerprint density at radius 1 is 0.315 bits per heavy atom. The van der Waals surface area contributed by atoms with Crippen LogP contribution in [0.4, 0.5) is 45.2 Å². The third kappa shape index (κ3) is 19.5. The van der Waals surface area contributed by atoms with Gasteiger partial charge in [0.2, 0.25) is 23.6 Å². The number of aromatic nitrogens is 8. The number of phenols is 1. The van der Waals surface area contributed by atoms with Gasteiger partial charge in [-0.05, 0) is 263 Å². The number of hydrogen-bond donors (Lipinski definition) is 5. The summed E-state index contributed by atoms with van der Waals surface area (Å²) in [5.41, 5.74) is 19.1. The summed E-state index contributed by atoms with van der Waals surface area (Å²) in [7, 11) is 0. The van der Waals surface area contributed by atoms with E-state index in [-0.39, 0.29) is 84.1 Å². The highest BCUT2D eigenvalue weighted by Gasteiger charge is 2.30. The molecule has 8 aromatic heterocycles. The number of benzene rings is 8. The summed E-state index contributed by atoms with van der Waals surface area (Å²) in [6.07, 6.45) is 5.97. The van der Waals surface area contributed by atoms with Crippen LogP contribution in [-0.4, -0.2) is 68.6 Å². The molecule has 28 heteroatoms. The van der Waals surface area contributed by atoms with Gasteiger partial charge in [0.15, 0.2) is 23.3 Å². The summed E-state index contributed by atoms with van der Waals surface area (Å²) in [6, 6.07) is 61.7. The van der Waals surface area contributed by atoms with E-state index in [1.165, 1.54) is 81.7 Å². The number of carbonyl (C=O) groups excluding carboxylic acids is 4. The molecule has 616 valence electrons. The van der Waals surface area contributed by atoms with E-state index < -0.39 is 0 Å². The molecule has 0 atom stereocenters. The van der Waals surface area contributed by atoms with E-state index in [0.717, 1.165) is 131 Å². The van der Waals surface area contributed by atoms with Crippen molar-refractivity contribution in [3.8, 4) is 93.1 Å². The number of nitrogens with zero attached hydrogens (tertiary/aromatic N) is 8. The fourth-order valence-electron chi connectivity index (χ4n) is 15.0. The molecule has 16 aromatic rings. The average molecular weight is 1810 g/mol. The molecule has 0 spiro atoms. The Kier molecular flexibility index (Phi) is 25.1. The third-order valence-corrected chi connectivity index (χ3v) is 25.2. The minimum atomic E-state index is -0.343. The molecule has 0 aliphatic heterocycles. The quantitative estimate of drug-likeness (QED) is 0.0566. The van der Waals surface area contributed by atoms with Gasteiger partial charge in [0.05, 0.1) is 90.7 Å². The smallest absolute Gasteiger partial charge is 0.230 e. The maximum absolute atomic E-state index is 13.7. The highest BCUT2D eigenvalue weighted by atomic mass is 79.9. The number of anilines is 4. The fraction of sp³-hybridized carbons (Fsp3) is 0.125. The fourth-order valence-corrected chi connectivity index (χ4v) is 18.3. The molecule has 20 rings (SSSR count). The first-order valence-electron chi connectivity index (χ1n) is 39.4. The van der Waals surface area contributed by atoms with E-state index >= 15 is 0 Å². The van der Waals surface area contributed by atoms with Gasteiger partial charge in [0, 0.05) is 31.7 Å². The number of aromatic hydroxyl groups is 1. The van der Waals surface area contributed by atoms with E-state index in [9.17, 15) is 46.2 Å². The largest absolute Gasteiger partial charge is 0.508 e. The Bertz CT molecular complexity index is 5900. The molecule has 0 fully saturated rings. The maximum atomic E-state index is 13.7. The molecule has 4 aliphatic carbocycles. The van der Waals surface area contributed by atoms with Crippen molar-refractivity contribution in [3.63, 3.8) is 0 Å². The van der Waals surface area contributed by atoms with Crippen molar-refractivity contribution < 1.29 is 46.2 Å². The number of thiophene rings is 4. The first kappa shape index (κ1) is 83.3. The highest BCUT2D eigenvalue weighted by Crippen LogP contribution is 2.43. The van der Waals surface area contributed by atoms with E-state index in [0.29, 0.717) is 108 Å². The second-order valence-corrected chi connectivity index (χ2v) is 34.6. The molecular weight excluding hydrogens is 1740 g/mol. The summed E-state index contributed by atoms with van der Waals surface area (Å²) in [5.74, 6) is -0.243. The van der Waals surface area contributed by atoms with Gasteiger partial charge in [-0.15, -0.1) is 45.3 Å². The minimum Gasteiger partial charge on any atom is -0.508 e. The van der Waals surface area contributed by atoms with Crippen LogP contribution in [0.2, 0.25) is 5.02 Å². The standard InChI is InChI=1S/C24H17BrFN3OS.C24H17ClFN3OS.C24H17F2N3OS.C24H18FN3O2S/c3*25-16-6-3-14(4-7-16)12-21(30)28-24-23(20-2-1-11-31-20)29-22-18-9-8-17(26)13-15(18)5-10-19(22)27-24;25-16-6-9-18-15(13-16)5-10-19-22(18)28-23(20-2-1-11-31-20)24(26-19)27-21(30)12-14-3-7-17(29)8-4-14/h3*1-4,6-9,11,13H,5,10,12H2,(H,27,28,30);1-4,6-9,11,13,29H,5,10,12H2,(H,26,27,30). The van der Waals surface area contributed by atoms with Crippen LogP contribution in [0.1, 0.15) is 67.3 Å². The van der Waals surface area contributed by atoms with Crippen molar-refractivity contribution in [3.05, 3.63) is 346 Å². The van der Waals surface area contributed by atoms with Gasteiger partial charge in [-0.1, -0.05) is 100 Å². The van der Waals surface area contributed by atoms with E-state index in [4.69, 9.17) is 51.5 Å². The molecular formula is C96H69BrClF5N12O5S4. The SMILES string of the molecule is O=C(Cc1ccc(Br)cc1)Nc1nc2c(nc1-c1cccs1)-c1ccc(F)cc1CC2.O=C(Cc1ccc(Cl)cc1)Nc1nc2c(nc1-c1cccs1)-c1ccc(F)cc1CC2.O=C(Cc1ccc(F)cc1)Nc1nc2c(nc1-c1cccs1)-c1ccc(F)cc1CC2.O=C(Cc1ccc(O)cc1)Nc1nc2c(nc1-c1cccs1)-c1ccc(F)cc1CC2. The molecule has 4 amide bonds. The normalized spacial score (nSPS) is 12.2. The van der Waals surface area contributed by atoms with Gasteiger partial charge in [-0.3, -0.25) is 19.2 Å². The molecule has 0 unspecified atom stereocenters. The lowest BCUT2D eigenvalue weighted by atomic mass is 9.91. The number of aryl methyl sites for hydroxylation is 8. The van der Waals surface area contributed by atoms with E-state index in [1.54, 1.807) is 97.1 Å². The number of halogens is 7. The monoisotopic (exact) mass is 1810 g/mol. The van der Waals surface area contributed by atoms with Crippen molar-refractivity contribution in [2.24, 2.45) is 0 Å². The summed E-state index contributed by atoms with van der Waals surface area (Å²) >= 11 is 15.4. The molecule has 0 saturated carbocycles. The first-order chi connectivity index (χ1) is 60.3. The summed E-state index contributed by atoms with van der Waals surface area (Å²) in [6.45, 7) is 0. The second-order valence-electron chi connectivity index (χ2n) is 29.4. The molecule has 0 bridgehead atoms. The van der Waals surface area contributed by atoms with Crippen LogP contribution >= 0.6 is 72.9 Å². The second kappa shape index (κ2) is 37.4. The summed E-state index contributed by atoms with van der Waals surface area (Å²) in [5, 5.41) is 29.6. The number of carbonyl (C=O) groups is 4. The Morgan fingerprint density at radius 2 is 0.565 bits per heavy atom. The molecule has 8 heterocycles. The lowest BCUT2D eigenvalue weighted by molar-refractivity contribution is -0.116. The number of hydrogen-bond acceptors (Lipinski definition) is 17. The predicted molar refractivity (Wildman–Crippen MR) is 482 cm³/mol. The highest BCUT2D eigenvalue weighted by molar-refractivity contribution is 9.10. The Balaban J connectivity index is 0.000000117. The molecule has 5 N–H and O–H groups in total. The van der Waals surface area contributed by atoms with Crippen LogP contribution in [0.25, 0.3) is 87.3 Å². The molecule has 4 aliphatic rings. The number of nitrogens with one attached hydrogen (secondary N) is 4. The van der Waals surface area contributed by atoms with Crippen molar-refractivity contribution in [1.29, 1.82) is 0 Å². The van der Waals surface area contributed by atoms with Gasteiger partial charge >= 0.3 is 0 Å². The van der Waals surface area contributed by atoms with Crippen LogP contribution < -0.4 is 21.3 Å². The predicted octanol–water partition coefficient (Wildman–Crippen LogP) is 22.4. The first-order valence-corrected chi connectivity index (χ1v) is 44.1. The lowest BCUT2D eigenvalue weighted by Gasteiger charge is -2.20. The topological polar surface area (TPSA) is 240 Å². The molecule has 17 nitrogen and oxygen atoms in total. The maximum Gasteiger partial charge on any atom is 0.230 e. The Morgan fingerprint density at radius 3 is 0.831 bits per heavy atom. The lowest BCUT2D eigenvalue weighted by Crippen LogP contribution is -2.18. The van der Waals surface area contributed by atoms with Gasteiger partial charge < -0.3 is 26.4 Å². The number of amides is 4.